The highest BCUT2D eigenvalue weighted by molar-refractivity contribution is 5.94. The second-order valence-electron chi connectivity index (χ2n) is 7.51. The van der Waals surface area contributed by atoms with Crippen LogP contribution in [0.25, 0.3) is 0 Å². The molecule has 31 heavy (non-hydrogen) atoms. The van der Waals surface area contributed by atoms with E-state index in [1.807, 2.05) is 24.3 Å². The van der Waals surface area contributed by atoms with Gasteiger partial charge in [0.1, 0.15) is 17.2 Å². The largest absolute Gasteiger partial charge is 0.493 e. The molecule has 3 N–H and O–H groups in total. The van der Waals surface area contributed by atoms with E-state index in [0.717, 1.165) is 11.3 Å². The Morgan fingerprint density at radius 1 is 0.871 bits per heavy atom. The third-order valence-electron chi connectivity index (χ3n) is 4.48. The molecule has 0 aliphatic heterocycles. The van der Waals surface area contributed by atoms with Gasteiger partial charge in [-0.05, 0) is 60.5 Å². The minimum Gasteiger partial charge on any atom is -0.493 e. The Morgan fingerprint density at radius 3 is 2.03 bits per heavy atom. The summed E-state index contributed by atoms with van der Waals surface area (Å²) in [7, 11) is 0. The second-order valence-corrected chi connectivity index (χ2v) is 7.51. The first-order valence-electron chi connectivity index (χ1n) is 10.1. The fourth-order valence-corrected chi connectivity index (χ4v) is 2.82. The lowest BCUT2D eigenvalue weighted by Crippen LogP contribution is -2.23. The standard InChI is InChI=1S/C25H26N2O4/c1-17(2)16-30-23-6-4-3-5-20(23)15-27-25(29)19-9-13-22(14-10-19)31-21-11-7-18(8-12-21)24(26)28/h3-14,17H,15-16H2,1-2H3,(H2,26,28)(H,27,29). The smallest absolute Gasteiger partial charge is 0.251 e. The van der Waals surface area contributed by atoms with Crippen LogP contribution >= 0.6 is 0 Å². The summed E-state index contributed by atoms with van der Waals surface area (Å²) in [5.41, 5.74) is 7.10. The van der Waals surface area contributed by atoms with Crippen molar-refractivity contribution in [3.63, 3.8) is 0 Å². The first-order chi connectivity index (χ1) is 14.9. The molecule has 0 aromatic heterocycles. The molecule has 2 amide bonds. The van der Waals surface area contributed by atoms with Crippen LogP contribution in [0.4, 0.5) is 0 Å². The van der Waals surface area contributed by atoms with E-state index in [9.17, 15) is 9.59 Å². The number of nitrogens with two attached hydrogens (primary N) is 1. The third kappa shape index (κ3) is 6.34. The fraction of sp³-hybridized carbons (Fsp3) is 0.200. The highest BCUT2D eigenvalue weighted by atomic mass is 16.5. The minimum absolute atomic E-state index is 0.184. The van der Waals surface area contributed by atoms with Gasteiger partial charge < -0.3 is 20.5 Å². The van der Waals surface area contributed by atoms with Crippen LogP contribution in [0.5, 0.6) is 17.2 Å². The van der Waals surface area contributed by atoms with Gasteiger partial charge in [-0.25, -0.2) is 0 Å². The van der Waals surface area contributed by atoms with E-state index in [2.05, 4.69) is 19.2 Å². The maximum atomic E-state index is 12.5. The van der Waals surface area contributed by atoms with Gasteiger partial charge in [0.2, 0.25) is 5.91 Å². The quantitative estimate of drug-likeness (QED) is 0.534. The van der Waals surface area contributed by atoms with Gasteiger partial charge in [-0.1, -0.05) is 32.0 Å². The van der Waals surface area contributed by atoms with E-state index in [0.29, 0.717) is 41.7 Å². The lowest BCUT2D eigenvalue weighted by molar-refractivity contribution is 0.0949. The molecule has 3 rings (SSSR count). The first kappa shape index (κ1) is 21.9. The van der Waals surface area contributed by atoms with Crippen LogP contribution in [0.1, 0.15) is 40.1 Å². The summed E-state index contributed by atoms with van der Waals surface area (Å²) >= 11 is 0. The van der Waals surface area contributed by atoms with Crippen molar-refractivity contribution < 1.29 is 19.1 Å². The molecule has 0 spiro atoms. The van der Waals surface area contributed by atoms with Gasteiger partial charge in [-0.3, -0.25) is 9.59 Å². The highest BCUT2D eigenvalue weighted by Crippen LogP contribution is 2.22. The van der Waals surface area contributed by atoms with E-state index in [1.54, 1.807) is 48.5 Å². The summed E-state index contributed by atoms with van der Waals surface area (Å²) in [6.45, 7) is 5.18. The Kier molecular flexibility index (Phi) is 7.27. The normalized spacial score (nSPS) is 10.5. The van der Waals surface area contributed by atoms with Crippen molar-refractivity contribution in [1.82, 2.24) is 5.32 Å². The van der Waals surface area contributed by atoms with Crippen LogP contribution < -0.4 is 20.5 Å². The van der Waals surface area contributed by atoms with Crippen LogP contribution in [0.3, 0.4) is 0 Å². The fourth-order valence-electron chi connectivity index (χ4n) is 2.82. The molecule has 0 aliphatic rings. The molecule has 0 heterocycles. The summed E-state index contributed by atoms with van der Waals surface area (Å²) in [6.07, 6.45) is 0. The summed E-state index contributed by atoms with van der Waals surface area (Å²) in [4.78, 5) is 23.7. The third-order valence-corrected chi connectivity index (χ3v) is 4.48. The van der Waals surface area contributed by atoms with Crippen molar-refractivity contribution >= 4 is 11.8 Å². The van der Waals surface area contributed by atoms with Gasteiger partial charge >= 0.3 is 0 Å². The Hall–Kier alpha value is -3.80. The van der Waals surface area contributed by atoms with Crippen LogP contribution in [-0.2, 0) is 6.54 Å². The molecule has 0 radical (unpaired) electrons. The number of carbonyl (C=O) groups is 2. The molecule has 3 aromatic carbocycles. The number of amides is 2. The molecular formula is C25H26N2O4. The summed E-state index contributed by atoms with van der Waals surface area (Å²) < 4.78 is 11.6. The van der Waals surface area contributed by atoms with Crippen LogP contribution in [-0.4, -0.2) is 18.4 Å². The molecule has 0 saturated carbocycles. The van der Waals surface area contributed by atoms with Gasteiger partial charge in [-0.2, -0.15) is 0 Å². The molecule has 0 aliphatic carbocycles. The minimum atomic E-state index is -0.490. The van der Waals surface area contributed by atoms with Crippen LogP contribution in [0, 0.1) is 5.92 Å². The lowest BCUT2D eigenvalue weighted by Gasteiger charge is -2.14. The van der Waals surface area contributed by atoms with E-state index in [-0.39, 0.29) is 5.91 Å². The van der Waals surface area contributed by atoms with Crippen LogP contribution in [0.2, 0.25) is 0 Å². The number of rotatable bonds is 9. The predicted molar refractivity (Wildman–Crippen MR) is 119 cm³/mol. The van der Waals surface area contributed by atoms with Gasteiger partial charge in [-0.15, -0.1) is 0 Å². The Morgan fingerprint density at radius 2 is 1.45 bits per heavy atom. The number of hydrogen-bond donors (Lipinski definition) is 2. The van der Waals surface area contributed by atoms with Crippen molar-refractivity contribution in [3.8, 4) is 17.2 Å². The van der Waals surface area contributed by atoms with E-state index >= 15 is 0 Å². The molecule has 3 aromatic rings. The van der Waals surface area contributed by atoms with Gasteiger partial charge in [0.25, 0.3) is 5.91 Å². The van der Waals surface area contributed by atoms with Gasteiger partial charge in [0.05, 0.1) is 6.61 Å². The zero-order valence-corrected chi connectivity index (χ0v) is 17.6. The van der Waals surface area contributed by atoms with E-state index < -0.39 is 5.91 Å². The second kappa shape index (κ2) is 10.3. The maximum Gasteiger partial charge on any atom is 0.251 e. The van der Waals surface area contributed by atoms with Crippen molar-refractivity contribution in [1.29, 1.82) is 0 Å². The number of primary amides is 1. The van der Waals surface area contributed by atoms with Crippen molar-refractivity contribution in [2.75, 3.05) is 6.61 Å². The molecule has 0 saturated heterocycles. The average Bonchev–Trinajstić information content (AvgIpc) is 2.77. The number of nitrogens with one attached hydrogen (secondary N) is 1. The topological polar surface area (TPSA) is 90.7 Å². The lowest BCUT2D eigenvalue weighted by atomic mass is 10.1. The molecule has 6 nitrogen and oxygen atoms in total. The average molecular weight is 418 g/mol. The Labute approximate surface area is 182 Å². The molecule has 0 unspecified atom stereocenters. The molecular weight excluding hydrogens is 392 g/mol. The van der Waals surface area contributed by atoms with Crippen molar-refractivity contribution in [2.24, 2.45) is 11.7 Å². The molecule has 160 valence electrons. The molecule has 0 bridgehead atoms. The Balaban J connectivity index is 1.58. The van der Waals surface area contributed by atoms with E-state index in [1.165, 1.54) is 0 Å². The number of para-hydroxylation sites is 1. The summed E-state index contributed by atoms with van der Waals surface area (Å²) in [6, 6.07) is 21.1. The van der Waals surface area contributed by atoms with Crippen LogP contribution in [0.15, 0.2) is 72.8 Å². The summed E-state index contributed by atoms with van der Waals surface area (Å²) in [5.74, 6) is 1.68. The maximum absolute atomic E-state index is 12.5. The first-order valence-corrected chi connectivity index (χ1v) is 10.1. The Bertz CT molecular complexity index is 1030. The number of ether oxygens (including phenoxy) is 2. The number of benzene rings is 3. The summed E-state index contributed by atoms with van der Waals surface area (Å²) in [5, 5.41) is 2.93. The zero-order valence-electron chi connectivity index (χ0n) is 17.6. The molecule has 0 fully saturated rings. The monoisotopic (exact) mass is 418 g/mol. The zero-order chi connectivity index (χ0) is 22.2. The highest BCUT2D eigenvalue weighted by Gasteiger charge is 2.09. The molecule has 0 atom stereocenters. The van der Waals surface area contributed by atoms with Gasteiger partial charge in [0, 0.05) is 23.2 Å². The van der Waals surface area contributed by atoms with Crippen molar-refractivity contribution in [2.45, 2.75) is 20.4 Å². The van der Waals surface area contributed by atoms with Crippen molar-refractivity contribution in [3.05, 3.63) is 89.5 Å². The predicted octanol–water partition coefficient (Wildman–Crippen LogP) is 4.54. The number of hydrogen-bond acceptors (Lipinski definition) is 4. The molecule has 6 heteroatoms. The van der Waals surface area contributed by atoms with Gasteiger partial charge in [0.15, 0.2) is 0 Å². The van der Waals surface area contributed by atoms with E-state index in [4.69, 9.17) is 15.2 Å². The SMILES string of the molecule is CC(C)COc1ccccc1CNC(=O)c1ccc(Oc2ccc(C(N)=O)cc2)cc1. The number of carbonyl (C=O) groups excluding carboxylic acids is 2.